The van der Waals surface area contributed by atoms with Gasteiger partial charge >= 0.3 is 0 Å². The van der Waals surface area contributed by atoms with Crippen molar-refractivity contribution in [3.8, 4) is 17.3 Å². The maximum absolute atomic E-state index is 13.2. The van der Waals surface area contributed by atoms with E-state index in [-0.39, 0.29) is 12.0 Å². The van der Waals surface area contributed by atoms with Gasteiger partial charge in [0.2, 0.25) is 5.95 Å². The van der Waals surface area contributed by atoms with E-state index < -0.39 is 0 Å². The number of carbonyl (C=O) groups excluding carboxylic acids is 1. The van der Waals surface area contributed by atoms with Gasteiger partial charge in [-0.2, -0.15) is 10.1 Å². The molecule has 0 aliphatic carbocycles. The van der Waals surface area contributed by atoms with Crippen molar-refractivity contribution in [1.82, 2.24) is 29.6 Å². The Morgan fingerprint density at radius 2 is 1.98 bits per heavy atom. The summed E-state index contributed by atoms with van der Waals surface area (Å²) >= 11 is 0. The molecule has 11 heteroatoms. The first kappa shape index (κ1) is 25.9. The number of nitrogens with one attached hydrogen (secondary N) is 3. The van der Waals surface area contributed by atoms with Crippen LogP contribution in [0.1, 0.15) is 45.8 Å². The molecule has 208 valence electrons. The number of aromatic nitrogens is 5. The lowest BCUT2D eigenvalue weighted by Crippen LogP contribution is -2.35. The molecule has 0 atom stereocenters. The fourth-order valence-corrected chi connectivity index (χ4v) is 5.40. The van der Waals surface area contributed by atoms with Crippen molar-refractivity contribution in [2.75, 3.05) is 37.9 Å². The quantitative estimate of drug-likeness (QED) is 0.318. The summed E-state index contributed by atoms with van der Waals surface area (Å²) in [4.78, 5) is 24.9. The predicted octanol–water partition coefficient (Wildman–Crippen LogP) is 4.18. The summed E-state index contributed by atoms with van der Waals surface area (Å²) in [7, 11) is 3.78. The number of ether oxygens (including phenoxy) is 2. The van der Waals surface area contributed by atoms with Gasteiger partial charge in [-0.25, -0.2) is 4.98 Å². The molecule has 1 amide bonds. The van der Waals surface area contributed by atoms with Gasteiger partial charge in [0, 0.05) is 42.8 Å². The van der Waals surface area contributed by atoms with E-state index in [9.17, 15) is 4.79 Å². The number of aryl methyl sites for hydroxylation is 3. The van der Waals surface area contributed by atoms with Gasteiger partial charge in [0.15, 0.2) is 0 Å². The molecular formula is C29H34N8O3. The van der Waals surface area contributed by atoms with E-state index >= 15 is 0 Å². The van der Waals surface area contributed by atoms with Crippen LogP contribution in [0.25, 0.3) is 5.82 Å². The van der Waals surface area contributed by atoms with Crippen molar-refractivity contribution in [3.05, 3.63) is 64.9 Å². The van der Waals surface area contributed by atoms with Crippen LogP contribution in [0.15, 0.2) is 36.7 Å². The number of rotatable bonds is 7. The van der Waals surface area contributed by atoms with Gasteiger partial charge in [-0.15, -0.1) is 0 Å². The molecule has 1 aromatic carbocycles. The Labute approximate surface area is 232 Å². The number of nitrogens with zero attached hydrogens (tertiary/aromatic N) is 5. The van der Waals surface area contributed by atoms with Crippen molar-refractivity contribution in [1.29, 1.82) is 0 Å². The Morgan fingerprint density at radius 3 is 2.73 bits per heavy atom. The molecule has 2 aliphatic rings. The number of anilines is 3. The molecule has 11 nitrogen and oxygen atoms in total. The maximum atomic E-state index is 13.2. The Balaban J connectivity index is 1.21. The molecule has 40 heavy (non-hydrogen) atoms. The second-order valence-electron chi connectivity index (χ2n) is 10.5. The Bertz CT molecular complexity index is 1530. The fourth-order valence-electron chi connectivity index (χ4n) is 5.40. The number of hydrogen-bond donors (Lipinski definition) is 3. The predicted molar refractivity (Wildman–Crippen MR) is 152 cm³/mol. The molecule has 1 saturated heterocycles. The Kier molecular flexibility index (Phi) is 6.89. The van der Waals surface area contributed by atoms with Crippen LogP contribution in [-0.2, 0) is 12.8 Å². The summed E-state index contributed by atoms with van der Waals surface area (Å²) in [5.41, 5.74) is 5.60. The number of fused-ring (bicyclic) bond motifs is 3. The second kappa shape index (κ2) is 10.6. The normalized spacial score (nSPS) is 15.3. The lowest BCUT2D eigenvalue weighted by molar-refractivity contribution is 0.102. The van der Waals surface area contributed by atoms with Crippen LogP contribution in [0, 0.1) is 13.8 Å². The molecule has 3 aromatic heterocycles. The highest BCUT2D eigenvalue weighted by Gasteiger charge is 2.25. The molecule has 0 unspecified atom stereocenters. The van der Waals surface area contributed by atoms with Crippen LogP contribution in [0.3, 0.4) is 0 Å². The molecular weight excluding hydrogens is 508 g/mol. The fraction of sp³-hybridized carbons (Fsp3) is 0.379. The minimum absolute atomic E-state index is 0.163. The lowest BCUT2D eigenvalue weighted by Gasteiger charge is -2.29. The van der Waals surface area contributed by atoms with Gasteiger partial charge in [-0.05, 0) is 64.8 Å². The van der Waals surface area contributed by atoms with Crippen LogP contribution in [0.4, 0.5) is 17.3 Å². The first-order valence-electron chi connectivity index (χ1n) is 13.6. The summed E-state index contributed by atoms with van der Waals surface area (Å²) < 4.78 is 13.9. The highest BCUT2D eigenvalue weighted by molar-refractivity contribution is 6.06. The molecule has 6 rings (SSSR count). The van der Waals surface area contributed by atoms with E-state index in [1.54, 1.807) is 7.11 Å². The van der Waals surface area contributed by atoms with Gasteiger partial charge in [-0.3, -0.25) is 9.89 Å². The Hall–Kier alpha value is -4.38. The first-order chi connectivity index (χ1) is 19.4. The largest absolute Gasteiger partial charge is 0.494 e. The van der Waals surface area contributed by atoms with Gasteiger partial charge in [0.05, 0.1) is 35.4 Å². The number of likely N-dealkylation sites (tertiary alicyclic amines) is 1. The SMILES string of the molecule is COc1cc(OC2CCN(C)CC2)ccc1Nc1ncc2c(n1)-n1ccc(C(=O)Nc3c(C)n[nH]c3C)c1CC2. The van der Waals surface area contributed by atoms with E-state index in [4.69, 9.17) is 14.5 Å². The molecule has 5 heterocycles. The third kappa shape index (κ3) is 5.00. The van der Waals surface area contributed by atoms with Gasteiger partial charge in [0.1, 0.15) is 23.4 Å². The highest BCUT2D eigenvalue weighted by atomic mass is 16.5. The number of benzene rings is 1. The average molecular weight is 543 g/mol. The number of aromatic amines is 1. The number of H-pyrrole nitrogens is 1. The van der Waals surface area contributed by atoms with Crippen LogP contribution in [-0.4, -0.2) is 68.9 Å². The van der Waals surface area contributed by atoms with Crippen LogP contribution < -0.4 is 20.1 Å². The summed E-state index contributed by atoms with van der Waals surface area (Å²) in [6.45, 7) is 5.82. The molecule has 0 saturated carbocycles. The first-order valence-corrected chi connectivity index (χ1v) is 13.6. The van der Waals surface area contributed by atoms with Crippen molar-refractivity contribution >= 4 is 23.2 Å². The summed E-state index contributed by atoms with van der Waals surface area (Å²) in [5.74, 6) is 2.47. The summed E-state index contributed by atoms with van der Waals surface area (Å²) in [5, 5.41) is 13.4. The van der Waals surface area contributed by atoms with E-state index in [1.165, 1.54) is 0 Å². The number of hydrogen-bond acceptors (Lipinski definition) is 8. The van der Waals surface area contributed by atoms with E-state index in [0.29, 0.717) is 22.9 Å². The number of piperidine rings is 1. The van der Waals surface area contributed by atoms with E-state index in [1.807, 2.05) is 55.1 Å². The van der Waals surface area contributed by atoms with Crippen molar-refractivity contribution in [2.24, 2.45) is 0 Å². The minimum atomic E-state index is -0.163. The van der Waals surface area contributed by atoms with Gasteiger partial charge in [-0.1, -0.05) is 0 Å². The molecule has 0 radical (unpaired) electrons. The van der Waals surface area contributed by atoms with Crippen LogP contribution in [0.5, 0.6) is 11.5 Å². The zero-order chi connectivity index (χ0) is 27.8. The standard InChI is InChI=1S/C29H34N8O3/c1-17-26(18(2)35-34-17)32-28(38)22-11-14-37-24(22)8-5-19-16-30-29(33-27(19)37)31-23-7-6-21(15-25(23)39-4)40-20-9-12-36(3)13-10-20/h6-7,11,14-16,20H,5,8-10,12-13H2,1-4H3,(H,32,38)(H,34,35)(H,30,31,33). The second-order valence-corrected chi connectivity index (χ2v) is 10.5. The zero-order valence-corrected chi connectivity index (χ0v) is 23.2. The highest BCUT2D eigenvalue weighted by Crippen LogP contribution is 2.33. The van der Waals surface area contributed by atoms with E-state index in [2.05, 4.69) is 37.8 Å². The van der Waals surface area contributed by atoms with Crippen LogP contribution >= 0.6 is 0 Å². The number of methoxy groups -OCH3 is 1. The molecule has 2 aliphatic heterocycles. The third-order valence-electron chi connectivity index (χ3n) is 7.69. The van der Waals surface area contributed by atoms with Gasteiger partial charge in [0.25, 0.3) is 5.91 Å². The summed E-state index contributed by atoms with van der Waals surface area (Å²) in [6.07, 6.45) is 7.42. The molecule has 0 spiro atoms. The Morgan fingerprint density at radius 1 is 1.15 bits per heavy atom. The molecule has 3 N–H and O–H groups in total. The number of amides is 1. The van der Waals surface area contributed by atoms with Gasteiger partial charge < -0.3 is 29.6 Å². The summed E-state index contributed by atoms with van der Waals surface area (Å²) in [6, 6.07) is 7.61. The van der Waals surface area contributed by atoms with Crippen molar-refractivity contribution < 1.29 is 14.3 Å². The zero-order valence-electron chi connectivity index (χ0n) is 23.2. The third-order valence-corrected chi connectivity index (χ3v) is 7.69. The monoisotopic (exact) mass is 542 g/mol. The smallest absolute Gasteiger partial charge is 0.257 e. The molecule has 4 aromatic rings. The van der Waals surface area contributed by atoms with E-state index in [0.717, 1.165) is 78.7 Å². The van der Waals surface area contributed by atoms with Crippen molar-refractivity contribution in [3.63, 3.8) is 0 Å². The van der Waals surface area contributed by atoms with Crippen LogP contribution in [0.2, 0.25) is 0 Å². The lowest BCUT2D eigenvalue weighted by atomic mass is 10.0. The number of carbonyl (C=O) groups is 1. The topological polar surface area (TPSA) is 122 Å². The maximum Gasteiger partial charge on any atom is 0.257 e. The van der Waals surface area contributed by atoms with Crippen molar-refractivity contribution in [2.45, 2.75) is 45.6 Å². The minimum Gasteiger partial charge on any atom is -0.494 e. The molecule has 0 bridgehead atoms. The molecule has 1 fully saturated rings. The average Bonchev–Trinajstić information content (AvgIpc) is 3.54.